The Morgan fingerprint density at radius 1 is 1.20 bits per heavy atom. The first-order chi connectivity index (χ1) is 9.51. The molecule has 1 fully saturated rings. The molecule has 1 heterocycles. The van der Waals surface area contributed by atoms with Gasteiger partial charge in [-0.3, -0.25) is 0 Å². The van der Waals surface area contributed by atoms with E-state index in [9.17, 15) is 8.42 Å². The van der Waals surface area contributed by atoms with E-state index < -0.39 is 10.2 Å². The normalized spacial score (nSPS) is 17.8. The third-order valence-corrected chi connectivity index (χ3v) is 5.62. The monoisotopic (exact) mass is 297 g/mol. The summed E-state index contributed by atoms with van der Waals surface area (Å²) in [7, 11) is -3.39. The third kappa shape index (κ3) is 3.58. The predicted octanol–water partition coefficient (Wildman–Crippen LogP) is 1.05. The summed E-state index contributed by atoms with van der Waals surface area (Å²) in [4.78, 5) is 0. The second-order valence-corrected chi connectivity index (χ2v) is 7.16. The number of hydrogen-bond acceptors (Lipinski definition) is 3. The van der Waals surface area contributed by atoms with Crippen molar-refractivity contribution in [2.24, 2.45) is 0 Å². The second kappa shape index (κ2) is 6.67. The molecule has 0 saturated carbocycles. The highest BCUT2D eigenvalue weighted by atomic mass is 32.2. The van der Waals surface area contributed by atoms with Crippen molar-refractivity contribution in [2.45, 2.75) is 26.4 Å². The van der Waals surface area contributed by atoms with Gasteiger partial charge in [0.2, 0.25) is 0 Å². The summed E-state index contributed by atoms with van der Waals surface area (Å²) in [5.74, 6) is 0. The lowest BCUT2D eigenvalue weighted by Crippen LogP contribution is -2.53. The zero-order valence-corrected chi connectivity index (χ0v) is 12.9. The summed E-state index contributed by atoms with van der Waals surface area (Å²) in [6.07, 6.45) is 0. The van der Waals surface area contributed by atoms with Gasteiger partial charge in [0, 0.05) is 38.8 Å². The lowest BCUT2D eigenvalue weighted by molar-refractivity contribution is 0.283. The minimum atomic E-state index is -3.39. The Kier molecular flexibility index (Phi) is 5.15. The van der Waals surface area contributed by atoms with Crippen LogP contribution in [0.25, 0.3) is 0 Å². The quantitative estimate of drug-likeness (QED) is 0.884. The smallest absolute Gasteiger partial charge is 0.282 e. The molecule has 0 bridgehead atoms. The molecule has 5 nitrogen and oxygen atoms in total. The van der Waals surface area contributed by atoms with E-state index in [1.54, 1.807) is 8.61 Å². The van der Waals surface area contributed by atoms with Gasteiger partial charge in [-0.1, -0.05) is 30.3 Å². The molecule has 0 aromatic heterocycles. The number of hydrogen-bond donors (Lipinski definition) is 1. The summed E-state index contributed by atoms with van der Waals surface area (Å²) in [5, 5.41) is 3.18. The van der Waals surface area contributed by atoms with Crippen molar-refractivity contribution in [1.29, 1.82) is 0 Å². The van der Waals surface area contributed by atoms with Crippen molar-refractivity contribution in [2.75, 3.05) is 26.2 Å². The molecule has 1 aliphatic heterocycles. The van der Waals surface area contributed by atoms with Crippen molar-refractivity contribution in [1.82, 2.24) is 13.9 Å². The van der Waals surface area contributed by atoms with Crippen LogP contribution < -0.4 is 5.32 Å². The van der Waals surface area contributed by atoms with E-state index in [0.29, 0.717) is 19.6 Å². The molecule has 0 unspecified atom stereocenters. The third-order valence-electron chi connectivity index (χ3n) is 3.46. The van der Waals surface area contributed by atoms with Gasteiger partial charge in [0.1, 0.15) is 0 Å². The zero-order chi connectivity index (χ0) is 14.6. The molecule has 0 spiro atoms. The van der Waals surface area contributed by atoms with E-state index in [1.807, 2.05) is 44.2 Å². The topological polar surface area (TPSA) is 52.7 Å². The molecular formula is C14H23N3O2S. The van der Waals surface area contributed by atoms with Gasteiger partial charge in [0.15, 0.2) is 0 Å². The Morgan fingerprint density at radius 2 is 1.80 bits per heavy atom. The standard InChI is InChI=1S/C14H23N3O2S/c1-13(2)17(12-14-6-4-3-5-7-14)20(18,19)16-10-8-15-9-11-16/h3-7,13,15H,8-12H2,1-2H3. The summed E-state index contributed by atoms with van der Waals surface area (Å²) in [6.45, 7) is 6.78. The average Bonchev–Trinajstić information content (AvgIpc) is 2.46. The summed E-state index contributed by atoms with van der Waals surface area (Å²) in [5.41, 5.74) is 1.01. The number of piperazine rings is 1. The van der Waals surface area contributed by atoms with E-state index in [1.165, 1.54) is 0 Å². The molecule has 112 valence electrons. The fourth-order valence-corrected chi connectivity index (χ4v) is 4.10. The minimum absolute atomic E-state index is 0.0601. The Labute approximate surface area is 121 Å². The van der Waals surface area contributed by atoms with E-state index in [4.69, 9.17) is 0 Å². The van der Waals surface area contributed by atoms with Crippen LogP contribution in [0.5, 0.6) is 0 Å². The van der Waals surface area contributed by atoms with Crippen molar-refractivity contribution >= 4 is 10.2 Å². The van der Waals surface area contributed by atoms with Gasteiger partial charge < -0.3 is 5.32 Å². The molecule has 6 heteroatoms. The van der Waals surface area contributed by atoms with Crippen LogP contribution in [0.3, 0.4) is 0 Å². The molecule has 1 saturated heterocycles. The highest BCUT2D eigenvalue weighted by Gasteiger charge is 2.32. The number of nitrogens with one attached hydrogen (secondary N) is 1. The van der Waals surface area contributed by atoms with Crippen molar-refractivity contribution in [3.63, 3.8) is 0 Å². The van der Waals surface area contributed by atoms with Crippen LogP contribution in [-0.2, 0) is 16.8 Å². The lowest BCUT2D eigenvalue weighted by Gasteiger charge is -2.34. The molecule has 2 rings (SSSR count). The molecule has 0 aliphatic carbocycles. The first-order valence-electron chi connectivity index (χ1n) is 7.03. The van der Waals surface area contributed by atoms with Crippen LogP contribution in [-0.4, -0.2) is 49.2 Å². The molecule has 20 heavy (non-hydrogen) atoms. The maximum atomic E-state index is 12.8. The second-order valence-electron chi connectivity index (χ2n) is 5.28. The van der Waals surface area contributed by atoms with Crippen LogP contribution in [0.15, 0.2) is 30.3 Å². The van der Waals surface area contributed by atoms with Gasteiger partial charge in [-0.15, -0.1) is 0 Å². The highest BCUT2D eigenvalue weighted by molar-refractivity contribution is 7.86. The molecule has 0 amide bonds. The number of benzene rings is 1. The molecule has 1 aromatic carbocycles. The van der Waals surface area contributed by atoms with Crippen LogP contribution >= 0.6 is 0 Å². The molecule has 0 radical (unpaired) electrons. The Balaban J connectivity index is 2.19. The lowest BCUT2D eigenvalue weighted by atomic mass is 10.2. The molecule has 1 aliphatic rings. The fraction of sp³-hybridized carbons (Fsp3) is 0.571. The highest BCUT2D eigenvalue weighted by Crippen LogP contribution is 2.17. The Bertz CT molecular complexity index is 510. The number of nitrogens with zero attached hydrogens (tertiary/aromatic N) is 2. The van der Waals surface area contributed by atoms with Crippen LogP contribution in [0.1, 0.15) is 19.4 Å². The number of rotatable bonds is 5. The van der Waals surface area contributed by atoms with Gasteiger partial charge in [0.05, 0.1) is 0 Å². The van der Waals surface area contributed by atoms with Crippen molar-refractivity contribution in [3.8, 4) is 0 Å². The van der Waals surface area contributed by atoms with Crippen LogP contribution in [0.2, 0.25) is 0 Å². The van der Waals surface area contributed by atoms with E-state index in [0.717, 1.165) is 18.7 Å². The molecule has 0 atom stereocenters. The van der Waals surface area contributed by atoms with E-state index >= 15 is 0 Å². The van der Waals surface area contributed by atoms with Gasteiger partial charge in [0.25, 0.3) is 10.2 Å². The van der Waals surface area contributed by atoms with Crippen molar-refractivity contribution < 1.29 is 8.42 Å². The van der Waals surface area contributed by atoms with Crippen LogP contribution in [0.4, 0.5) is 0 Å². The van der Waals surface area contributed by atoms with Gasteiger partial charge >= 0.3 is 0 Å². The Hall–Kier alpha value is -0.950. The first kappa shape index (κ1) is 15.4. The first-order valence-corrected chi connectivity index (χ1v) is 8.43. The largest absolute Gasteiger partial charge is 0.314 e. The van der Waals surface area contributed by atoms with Crippen molar-refractivity contribution in [3.05, 3.63) is 35.9 Å². The fourth-order valence-electron chi connectivity index (χ4n) is 2.32. The predicted molar refractivity (Wildman–Crippen MR) is 80.5 cm³/mol. The van der Waals surface area contributed by atoms with E-state index in [2.05, 4.69) is 5.32 Å². The van der Waals surface area contributed by atoms with Gasteiger partial charge in [-0.05, 0) is 19.4 Å². The van der Waals surface area contributed by atoms with Gasteiger partial charge in [-0.25, -0.2) is 0 Å². The van der Waals surface area contributed by atoms with E-state index in [-0.39, 0.29) is 6.04 Å². The summed E-state index contributed by atoms with van der Waals surface area (Å²) in [6, 6.07) is 9.67. The SMILES string of the molecule is CC(C)N(Cc1ccccc1)S(=O)(=O)N1CCNCC1. The van der Waals surface area contributed by atoms with Gasteiger partial charge in [-0.2, -0.15) is 17.0 Å². The maximum absolute atomic E-state index is 12.8. The molecular weight excluding hydrogens is 274 g/mol. The molecule has 1 aromatic rings. The maximum Gasteiger partial charge on any atom is 0.282 e. The minimum Gasteiger partial charge on any atom is -0.314 e. The molecule has 1 N–H and O–H groups in total. The zero-order valence-electron chi connectivity index (χ0n) is 12.1. The Morgan fingerprint density at radius 3 is 2.35 bits per heavy atom. The summed E-state index contributed by atoms with van der Waals surface area (Å²) >= 11 is 0. The average molecular weight is 297 g/mol. The van der Waals surface area contributed by atoms with Crippen LogP contribution in [0, 0.1) is 0 Å². The summed E-state index contributed by atoms with van der Waals surface area (Å²) < 4.78 is 28.7.